The van der Waals surface area contributed by atoms with Gasteiger partial charge in [-0.15, -0.1) is 0 Å². The molecule has 0 saturated heterocycles. The maximum Gasteiger partial charge on any atom is 0.145 e. The highest BCUT2D eigenvalue weighted by molar-refractivity contribution is 14.1. The van der Waals surface area contributed by atoms with Crippen LogP contribution in [0.1, 0.15) is 6.92 Å². The monoisotopic (exact) mass is 355 g/mol. The van der Waals surface area contributed by atoms with Crippen molar-refractivity contribution in [1.29, 1.82) is 0 Å². The van der Waals surface area contributed by atoms with Crippen LogP contribution in [0.25, 0.3) is 0 Å². The molecule has 0 aromatic carbocycles. The van der Waals surface area contributed by atoms with E-state index < -0.39 is 0 Å². The molecule has 1 heterocycles. The van der Waals surface area contributed by atoms with Crippen molar-refractivity contribution in [2.24, 2.45) is 0 Å². The van der Waals surface area contributed by atoms with Gasteiger partial charge in [0.1, 0.15) is 12.1 Å². The molecule has 0 radical (unpaired) electrons. The van der Waals surface area contributed by atoms with Crippen LogP contribution in [0.15, 0.2) is 12.5 Å². The molecule has 0 spiro atoms. The number of anilines is 1. The Morgan fingerprint density at radius 2 is 2.38 bits per heavy atom. The minimum absolute atomic E-state index is 0.434. The second-order valence-corrected chi connectivity index (χ2v) is 4.62. The van der Waals surface area contributed by atoms with E-state index >= 15 is 0 Å². The largest absolute Gasteiger partial charge is 0.355 e. The number of hydrogen-bond acceptors (Lipinski definition) is 3. The molecule has 3 nitrogen and oxygen atoms in total. The van der Waals surface area contributed by atoms with E-state index in [-0.39, 0.29) is 0 Å². The van der Waals surface area contributed by atoms with Crippen molar-refractivity contribution in [3.8, 4) is 0 Å². The van der Waals surface area contributed by atoms with Gasteiger partial charge in [0.2, 0.25) is 0 Å². The molecule has 0 aliphatic carbocycles. The second-order valence-electron chi connectivity index (χ2n) is 2.81. The molecule has 1 atom stereocenters. The Morgan fingerprint density at radius 3 is 2.92 bits per heavy atom. The van der Waals surface area contributed by atoms with Crippen LogP contribution in [0, 0.1) is 3.57 Å². The quantitative estimate of drug-likeness (QED) is 0.615. The summed E-state index contributed by atoms with van der Waals surface area (Å²) in [5.41, 5.74) is 0. The van der Waals surface area contributed by atoms with Crippen molar-refractivity contribution in [2.75, 3.05) is 17.3 Å². The highest BCUT2D eigenvalue weighted by Crippen LogP contribution is 2.18. The third-order valence-electron chi connectivity index (χ3n) is 1.87. The van der Waals surface area contributed by atoms with Crippen LogP contribution < -0.4 is 4.90 Å². The molecule has 0 N–H and O–H groups in total. The molecule has 1 aromatic heterocycles. The summed E-state index contributed by atoms with van der Waals surface area (Å²) < 4.78 is 1.08. The molecule has 0 amide bonds. The van der Waals surface area contributed by atoms with Gasteiger partial charge in [-0.3, -0.25) is 0 Å². The number of halogens is 2. The van der Waals surface area contributed by atoms with Crippen molar-refractivity contribution in [3.05, 3.63) is 16.1 Å². The lowest BCUT2D eigenvalue weighted by Gasteiger charge is -2.24. The topological polar surface area (TPSA) is 29.0 Å². The Morgan fingerprint density at radius 1 is 1.69 bits per heavy atom. The molecule has 1 unspecified atom stereocenters. The van der Waals surface area contributed by atoms with Crippen molar-refractivity contribution < 1.29 is 0 Å². The Labute approximate surface area is 100 Å². The zero-order chi connectivity index (χ0) is 9.84. The van der Waals surface area contributed by atoms with E-state index in [0.717, 1.165) is 14.7 Å². The molecular formula is C8H11BrIN3. The third kappa shape index (κ3) is 2.77. The molecule has 1 rings (SSSR count). The number of rotatable bonds is 3. The molecule has 13 heavy (non-hydrogen) atoms. The van der Waals surface area contributed by atoms with Gasteiger partial charge in [-0.05, 0) is 29.5 Å². The van der Waals surface area contributed by atoms with E-state index in [2.05, 4.69) is 60.3 Å². The molecule has 0 bridgehead atoms. The zero-order valence-corrected chi connectivity index (χ0v) is 11.3. The van der Waals surface area contributed by atoms with Gasteiger partial charge in [0.05, 0.1) is 3.57 Å². The minimum Gasteiger partial charge on any atom is -0.355 e. The van der Waals surface area contributed by atoms with E-state index in [0.29, 0.717) is 6.04 Å². The lowest BCUT2D eigenvalue weighted by Crippen LogP contribution is -2.31. The smallest absolute Gasteiger partial charge is 0.145 e. The van der Waals surface area contributed by atoms with Crippen LogP contribution >= 0.6 is 38.5 Å². The van der Waals surface area contributed by atoms with Gasteiger partial charge in [-0.1, -0.05) is 15.9 Å². The summed E-state index contributed by atoms with van der Waals surface area (Å²) in [7, 11) is 2.04. The van der Waals surface area contributed by atoms with Gasteiger partial charge in [0, 0.05) is 24.6 Å². The fourth-order valence-electron chi connectivity index (χ4n) is 0.878. The second kappa shape index (κ2) is 5.09. The molecule has 1 aromatic rings. The first-order valence-electron chi connectivity index (χ1n) is 3.91. The fourth-order valence-corrected chi connectivity index (χ4v) is 1.99. The minimum atomic E-state index is 0.434. The van der Waals surface area contributed by atoms with Gasteiger partial charge in [-0.25, -0.2) is 9.97 Å². The van der Waals surface area contributed by atoms with Crippen LogP contribution in [0.2, 0.25) is 0 Å². The Bertz CT molecular complexity index is 282. The number of aromatic nitrogens is 2. The molecule has 5 heteroatoms. The first-order chi connectivity index (χ1) is 6.16. The number of hydrogen-bond donors (Lipinski definition) is 0. The molecular weight excluding hydrogens is 345 g/mol. The standard InChI is InChI=1S/C8H11BrIN3/c1-6(3-9)13(2)8-7(10)4-11-5-12-8/h4-6H,3H2,1-2H3. The van der Waals surface area contributed by atoms with E-state index in [4.69, 9.17) is 0 Å². The van der Waals surface area contributed by atoms with Gasteiger partial charge in [0.15, 0.2) is 0 Å². The van der Waals surface area contributed by atoms with Gasteiger partial charge < -0.3 is 4.90 Å². The zero-order valence-electron chi connectivity index (χ0n) is 7.54. The highest BCUT2D eigenvalue weighted by atomic mass is 127. The predicted octanol–water partition coefficient (Wildman–Crippen LogP) is 2.30. The van der Waals surface area contributed by atoms with Crippen LogP contribution in [0.3, 0.4) is 0 Å². The van der Waals surface area contributed by atoms with Crippen LogP contribution in [0.4, 0.5) is 5.82 Å². The fraction of sp³-hybridized carbons (Fsp3) is 0.500. The van der Waals surface area contributed by atoms with Crippen LogP contribution in [-0.2, 0) is 0 Å². The summed E-state index contributed by atoms with van der Waals surface area (Å²) in [6, 6.07) is 0.434. The molecule has 72 valence electrons. The van der Waals surface area contributed by atoms with E-state index in [9.17, 15) is 0 Å². The lowest BCUT2D eigenvalue weighted by molar-refractivity contribution is 0.752. The summed E-state index contributed by atoms with van der Waals surface area (Å²) in [6.07, 6.45) is 3.40. The number of alkyl halides is 1. The Hall–Kier alpha value is 0.0900. The normalized spacial score (nSPS) is 12.6. The lowest BCUT2D eigenvalue weighted by atomic mass is 10.3. The van der Waals surface area contributed by atoms with E-state index in [1.807, 2.05) is 13.2 Å². The average Bonchev–Trinajstić information content (AvgIpc) is 2.16. The predicted molar refractivity (Wildman–Crippen MR) is 66.4 cm³/mol. The van der Waals surface area contributed by atoms with Crippen LogP contribution in [-0.4, -0.2) is 28.4 Å². The molecule has 0 aliphatic heterocycles. The van der Waals surface area contributed by atoms with Gasteiger partial charge in [0.25, 0.3) is 0 Å². The number of nitrogens with zero attached hydrogens (tertiary/aromatic N) is 3. The van der Waals surface area contributed by atoms with Gasteiger partial charge >= 0.3 is 0 Å². The average molecular weight is 356 g/mol. The first kappa shape index (κ1) is 11.2. The molecule has 0 aliphatic rings. The van der Waals surface area contributed by atoms with Crippen molar-refractivity contribution in [1.82, 2.24) is 9.97 Å². The molecule has 0 fully saturated rings. The maximum atomic E-state index is 4.23. The Balaban J connectivity index is 2.88. The molecule has 0 saturated carbocycles. The third-order valence-corrected chi connectivity index (χ3v) is 3.56. The summed E-state index contributed by atoms with van der Waals surface area (Å²) in [6.45, 7) is 2.15. The summed E-state index contributed by atoms with van der Waals surface area (Å²) in [4.78, 5) is 10.3. The SMILES string of the molecule is CC(CBr)N(C)c1ncncc1I. The van der Waals surface area contributed by atoms with Gasteiger partial charge in [-0.2, -0.15) is 0 Å². The summed E-state index contributed by atoms with van der Waals surface area (Å²) in [5.74, 6) is 0.988. The first-order valence-corrected chi connectivity index (χ1v) is 6.11. The Kier molecular flexibility index (Phi) is 4.37. The van der Waals surface area contributed by atoms with E-state index in [1.54, 1.807) is 6.33 Å². The van der Waals surface area contributed by atoms with E-state index in [1.165, 1.54) is 0 Å². The highest BCUT2D eigenvalue weighted by Gasteiger charge is 2.12. The van der Waals surface area contributed by atoms with Crippen molar-refractivity contribution in [3.63, 3.8) is 0 Å². The summed E-state index contributed by atoms with van der Waals surface area (Å²) in [5, 5.41) is 0.934. The maximum absolute atomic E-state index is 4.23. The van der Waals surface area contributed by atoms with Crippen molar-refractivity contribution in [2.45, 2.75) is 13.0 Å². The van der Waals surface area contributed by atoms with Crippen LogP contribution in [0.5, 0.6) is 0 Å². The van der Waals surface area contributed by atoms with Crippen molar-refractivity contribution >= 4 is 44.3 Å². The summed E-state index contributed by atoms with van der Waals surface area (Å²) >= 11 is 5.69.